The Balaban J connectivity index is 1.23. The number of nitrogens with one attached hydrogen (secondary N) is 1. The van der Waals surface area contributed by atoms with Crippen LogP contribution in [0.5, 0.6) is 0 Å². The van der Waals surface area contributed by atoms with E-state index in [1.165, 1.54) is 25.7 Å². The highest BCUT2D eigenvalue weighted by molar-refractivity contribution is 5.86. The van der Waals surface area contributed by atoms with Crippen molar-refractivity contribution in [3.05, 3.63) is 35.9 Å². The van der Waals surface area contributed by atoms with E-state index in [1.54, 1.807) is 4.90 Å². The zero-order valence-corrected chi connectivity index (χ0v) is 16.4. The topological polar surface area (TPSA) is 58.6 Å². The van der Waals surface area contributed by atoms with E-state index in [4.69, 9.17) is 4.74 Å². The molecular formula is C23H30N2O3. The molecule has 3 aliphatic carbocycles. The van der Waals surface area contributed by atoms with Crippen molar-refractivity contribution in [1.29, 1.82) is 0 Å². The third-order valence-electron chi connectivity index (χ3n) is 7.66. The molecule has 1 aliphatic heterocycles. The molecule has 28 heavy (non-hydrogen) atoms. The Hall–Kier alpha value is -2.04. The molecule has 4 fully saturated rings. The van der Waals surface area contributed by atoms with E-state index >= 15 is 0 Å². The number of hydrogen-bond donors (Lipinski definition) is 1. The average molecular weight is 383 g/mol. The van der Waals surface area contributed by atoms with Gasteiger partial charge in [-0.25, -0.2) is 4.79 Å². The maximum Gasteiger partial charge on any atom is 0.410 e. The standard InChI is InChI=1S/C23H30N2O3/c26-21(24-23-13-17-8-9-19(23)12-18(11-17)14-23)20-7-4-10-25(20)22(27)28-15-16-5-2-1-3-6-16/h1-3,5-6,17-20H,4,7-15H2,(H,24,26). The van der Waals surface area contributed by atoms with Crippen LogP contribution in [0.1, 0.15) is 56.9 Å². The van der Waals surface area contributed by atoms with E-state index in [9.17, 15) is 9.59 Å². The monoisotopic (exact) mass is 382 g/mol. The van der Waals surface area contributed by atoms with Gasteiger partial charge in [0.2, 0.25) is 5.91 Å². The Morgan fingerprint density at radius 2 is 1.89 bits per heavy atom. The number of benzene rings is 1. The molecule has 0 aromatic heterocycles. The molecule has 1 aromatic carbocycles. The minimum absolute atomic E-state index is 0.00508. The number of likely N-dealkylation sites (tertiary alicyclic amines) is 1. The Morgan fingerprint density at radius 3 is 2.75 bits per heavy atom. The van der Waals surface area contributed by atoms with Crippen LogP contribution in [0.15, 0.2) is 30.3 Å². The van der Waals surface area contributed by atoms with Crippen molar-refractivity contribution < 1.29 is 14.3 Å². The van der Waals surface area contributed by atoms with Crippen molar-refractivity contribution in [3.63, 3.8) is 0 Å². The molecule has 4 aliphatic rings. The third kappa shape index (κ3) is 3.19. The lowest BCUT2D eigenvalue weighted by atomic mass is 9.67. The smallest absolute Gasteiger partial charge is 0.410 e. The van der Waals surface area contributed by atoms with Crippen molar-refractivity contribution in [2.45, 2.75) is 69.6 Å². The molecule has 5 nitrogen and oxygen atoms in total. The molecule has 0 spiro atoms. The largest absolute Gasteiger partial charge is 0.445 e. The highest BCUT2D eigenvalue weighted by atomic mass is 16.6. The molecule has 3 saturated carbocycles. The molecule has 5 unspecified atom stereocenters. The zero-order chi connectivity index (χ0) is 19.1. The molecule has 3 bridgehead atoms. The van der Waals surface area contributed by atoms with Gasteiger partial charge in [0.05, 0.1) is 0 Å². The van der Waals surface area contributed by atoms with Gasteiger partial charge in [-0.15, -0.1) is 0 Å². The van der Waals surface area contributed by atoms with Crippen molar-refractivity contribution >= 4 is 12.0 Å². The molecule has 1 aromatic rings. The fourth-order valence-electron chi connectivity index (χ4n) is 6.54. The van der Waals surface area contributed by atoms with Gasteiger partial charge < -0.3 is 10.1 Å². The molecule has 1 N–H and O–H groups in total. The fourth-order valence-corrected chi connectivity index (χ4v) is 6.54. The van der Waals surface area contributed by atoms with Gasteiger partial charge in [-0.05, 0) is 74.7 Å². The van der Waals surface area contributed by atoms with Crippen molar-refractivity contribution in [2.75, 3.05) is 6.54 Å². The van der Waals surface area contributed by atoms with Gasteiger partial charge in [0.25, 0.3) is 0 Å². The van der Waals surface area contributed by atoms with Gasteiger partial charge in [0, 0.05) is 12.1 Å². The number of carbonyl (C=O) groups is 2. The van der Waals surface area contributed by atoms with E-state index < -0.39 is 0 Å². The quantitative estimate of drug-likeness (QED) is 0.860. The van der Waals surface area contributed by atoms with E-state index in [1.807, 2.05) is 30.3 Å². The number of fused-ring (bicyclic) bond motifs is 2. The molecular weight excluding hydrogens is 352 g/mol. The summed E-state index contributed by atoms with van der Waals surface area (Å²) in [5.41, 5.74) is 0.968. The summed E-state index contributed by atoms with van der Waals surface area (Å²) in [7, 11) is 0. The Morgan fingerprint density at radius 1 is 1.07 bits per heavy atom. The van der Waals surface area contributed by atoms with Crippen LogP contribution in [-0.4, -0.2) is 35.0 Å². The molecule has 1 saturated heterocycles. The number of amides is 2. The first kappa shape index (κ1) is 18.0. The summed E-state index contributed by atoms with van der Waals surface area (Å²) >= 11 is 0. The van der Waals surface area contributed by atoms with E-state index in [0.717, 1.165) is 43.1 Å². The predicted octanol–water partition coefficient (Wildman–Crippen LogP) is 3.87. The van der Waals surface area contributed by atoms with Crippen molar-refractivity contribution in [1.82, 2.24) is 10.2 Å². The minimum atomic E-state index is -0.378. The van der Waals surface area contributed by atoms with E-state index in [2.05, 4.69) is 5.32 Å². The Kier molecular flexibility index (Phi) is 4.56. The second kappa shape index (κ2) is 7.09. The lowest BCUT2D eigenvalue weighted by Gasteiger charge is -2.46. The maximum absolute atomic E-state index is 13.2. The van der Waals surface area contributed by atoms with Crippen LogP contribution in [0.3, 0.4) is 0 Å². The van der Waals surface area contributed by atoms with Crippen LogP contribution < -0.4 is 5.32 Å². The number of nitrogens with zero attached hydrogens (tertiary/aromatic N) is 1. The van der Waals surface area contributed by atoms with E-state index in [0.29, 0.717) is 12.5 Å². The molecule has 150 valence electrons. The minimum Gasteiger partial charge on any atom is -0.445 e. The third-order valence-corrected chi connectivity index (χ3v) is 7.66. The normalized spacial score (nSPS) is 35.8. The van der Waals surface area contributed by atoms with Gasteiger partial charge in [-0.3, -0.25) is 9.69 Å². The molecule has 1 heterocycles. The maximum atomic E-state index is 13.2. The number of hydrogen-bond acceptors (Lipinski definition) is 3. The lowest BCUT2D eigenvalue weighted by Crippen LogP contribution is -2.59. The summed E-state index contributed by atoms with van der Waals surface area (Å²) in [6.07, 6.45) is 8.75. The van der Waals surface area contributed by atoms with Gasteiger partial charge in [-0.2, -0.15) is 0 Å². The summed E-state index contributed by atoms with van der Waals surface area (Å²) in [6.45, 7) is 0.854. The van der Waals surface area contributed by atoms with Crippen LogP contribution in [-0.2, 0) is 16.1 Å². The molecule has 0 radical (unpaired) electrons. The van der Waals surface area contributed by atoms with Crippen LogP contribution in [0.2, 0.25) is 0 Å². The van der Waals surface area contributed by atoms with Crippen LogP contribution >= 0.6 is 0 Å². The summed E-state index contributed by atoms with van der Waals surface area (Å²) in [5, 5.41) is 3.47. The number of carbonyl (C=O) groups excluding carboxylic acids is 2. The SMILES string of the molecule is O=C(NC12CC3CCC1CC(C3)C2)C1CCCN1C(=O)OCc1ccccc1. The Bertz CT molecular complexity index is 751. The molecule has 2 amide bonds. The van der Waals surface area contributed by atoms with E-state index in [-0.39, 0.29) is 30.2 Å². The first-order valence-corrected chi connectivity index (χ1v) is 10.9. The molecule has 5 heteroatoms. The average Bonchev–Trinajstić information content (AvgIpc) is 3.23. The fraction of sp³-hybridized carbons (Fsp3) is 0.652. The van der Waals surface area contributed by atoms with Crippen LogP contribution in [0.4, 0.5) is 4.79 Å². The predicted molar refractivity (Wildman–Crippen MR) is 105 cm³/mol. The highest BCUT2D eigenvalue weighted by Crippen LogP contribution is 2.57. The van der Waals surface area contributed by atoms with Gasteiger partial charge in [0.15, 0.2) is 0 Å². The second-order valence-electron chi connectivity index (χ2n) is 9.42. The Labute approximate surface area is 166 Å². The number of ether oxygens (including phenoxy) is 1. The summed E-state index contributed by atoms with van der Waals surface area (Å²) in [6, 6.07) is 9.31. The highest BCUT2D eigenvalue weighted by Gasteiger charge is 2.55. The van der Waals surface area contributed by atoms with Crippen LogP contribution in [0.25, 0.3) is 0 Å². The summed E-state index contributed by atoms with van der Waals surface area (Å²) < 4.78 is 5.50. The van der Waals surface area contributed by atoms with Gasteiger partial charge in [0.1, 0.15) is 12.6 Å². The first-order chi connectivity index (χ1) is 13.6. The first-order valence-electron chi connectivity index (χ1n) is 10.9. The second-order valence-corrected chi connectivity index (χ2v) is 9.42. The van der Waals surface area contributed by atoms with Crippen LogP contribution in [0, 0.1) is 17.8 Å². The molecule has 5 atom stereocenters. The lowest BCUT2D eigenvalue weighted by molar-refractivity contribution is -0.128. The van der Waals surface area contributed by atoms with Gasteiger partial charge in [-0.1, -0.05) is 30.3 Å². The zero-order valence-electron chi connectivity index (χ0n) is 16.4. The summed E-state index contributed by atoms with van der Waals surface area (Å²) in [4.78, 5) is 27.5. The van der Waals surface area contributed by atoms with Crippen molar-refractivity contribution in [3.8, 4) is 0 Å². The number of rotatable bonds is 4. The van der Waals surface area contributed by atoms with Gasteiger partial charge >= 0.3 is 6.09 Å². The molecule has 5 rings (SSSR count). The summed E-state index contributed by atoms with van der Waals surface area (Å²) in [5.74, 6) is 2.26. The van der Waals surface area contributed by atoms with Crippen molar-refractivity contribution in [2.24, 2.45) is 17.8 Å².